The molecule has 0 heterocycles. The highest BCUT2D eigenvalue weighted by atomic mass is 16.6. The Morgan fingerprint density at radius 1 is 0.872 bits per heavy atom. The Bertz CT molecular complexity index is 997. The van der Waals surface area contributed by atoms with Crippen LogP contribution in [-0.4, -0.2) is 41.5 Å². The van der Waals surface area contributed by atoms with E-state index >= 15 is 0 Å². The van der Waals surface area contributed by atoms with Crippen LogP contribution in [0.5, 0.6) is 5.75 Å². The molecule has 0 aliphatic heterocycles. The first-order valence-corrected chi connectivity index (χ1v) is 14.5. The number of allylic oxidation sites excluding steroid dienone is 2. The summed E-state index contributed by atoms with van der Waals surface area (Å²) in [6.45, 7) is -0.908. The fourth-order valence-corrected chi connectivity index (χ4v) is 5.31. The van der Waals surface area contributed by atoms with Gasteiger partial charge in [0.05, 0.1) is 18.8 Å². The van der Waals surface area contributed by atoms with Gasteiger partial charge in [-0.25, -0.2) is 4.79 Å². The number of ether oxygens (including phenoxy) is 2. The van der Waals surface area contributed by atoms with Gasteiger partial charge in [-0.3, -0.25) is 4.79 Å². The van der Waals surface area contributed by atoms with Gasteiger partial charge >= 0.3 is 11.9 Å². The van der Waals surface area contributed by atoms with E-state index in [9.17, 15) is 9.59 Å². The van der Waals surface area contributed by atoms with Crippen molar-refractivity contribution in [1.29, 1.82) is 0 Å². The van der Waals surface area contributed by atoms with Crippen LogP contribution in [0.2, 0.25) is 0 Å². The van der Waals surface area contributed by atoms with Crippen molar-refractivity contribution in [1.82, 2.24) is 0 Å². The van der Waals surface area contributed by atoms with E-state index in [1.165, 1.54) is 81.2 Å². The molecule has 1 fully saturated rings. The zero-order valence-corrected chi connectivity index (χ0v) is 23.0. The molecule has 0 aromatic heterocycles. The fourth-order valence-electron chi connectivity index (χ4n) is 5.31. The molecule has 2 aromatic carbocycles. The number of hydrogen-bond acceptors (Lipinski definition) is 6. The number of hydrogen-bond donors (Lipinski definition) is 2. The van der Waals surface area contributed by atoms with E-state index in [0.717, 1.165) is 31.1 Å². The SMILES string of the molecule is O=C(CCC/C=C\C[C@H]1CCCC1CCCCCc1ccccc1)Oc1ccc(C(=O)OC(CO)CO)cc1. The Morgan fingerprint density at radius 2 is 1.62 bits per heavy atom. The molecular formula is C33H44O6. The lowest BCUT2D eigenvalue weighted by molar-refractivity contribution is -0.134. The van der Waals surface area contributed by atoms with E-state index in [0.29, 0.717) is 12.2 Å². The Labute approximate surface area is 233 Å². The third kappa shape index (κ3) is 11.4. The predicted octanol–water partition coefficient (Wildman–Crippen LogP) is 6.44. The smallest absolute Gasteiger partial charge is 0.338 e. The minimum atomic E-state index is -0.955. The zero-order chi connectivity index (χ0) is 27.7. The van der Waals surface area contributed by atoms with Gasteiger partial charge < -0.3 is 19.7 Å². The Balaban J connectivity index is 1.25. The van der Waals surface area contributed by atoms with Gasteiger partial charge in [0.25, 0.3) is 0 Å². The van der Waals surface area contributed by atoms with Crippen molar-refractivity contribution in [3.63, 3.8) is 0 Å². The molecule has 2 N–H and O–H groups in total. The molecule has 0 bridgehead atoms. The molecule has 1 aliphatic carbocycles. The summed E-state index contributed by atoms with van der Waals surface area (Å²) < 4.78 is 10.3. The average molecular weight is 537 g/mol. The van der Waals surface area contributed by atoms with Gasteiger partial charge in [0, 0.05) is 6.42 Å². The molecule has 6 nitrogen and oxygen atoms in total. The molecule has 1 unspecified atom stereocenters. The minimum Gasteiger partial charge on any atom is -0.454 e. The third-order valence-electron chi connectivity index (χ3n) is 7.56. The van der Waals surface area contributed by atoms with Crippen molar-refractivity contribution in [2.75, 3.05) is 13.2 Å². The fraction of sp³-hybridized carbons (Fsp3) is 0.515. The first kappa shape index (κ1) is 30.6. The van der Waals surface area contributed by atoms with Crippen molar-refractivity contribution < 1.29 is 29.3 Å². The highest BCUT2D eigenvalue weighted by molar-refractivity contribution is 5.89. The summed E-state index contributed by atoms with van der Waals surface area (Å²) in [6.07, 6.45) is 17.2. The number of rotatable bonds is 17. The highest BCUT2D eigenvalue weighted by Gasteiger charge is 2.25. The molecule has 0 radical (unpaired) electrons. The molecule has 0 amide bonds. The number of carbonyl (C=O) groups excluding carboxylic acids is 2. The summed E-state index contributed by atoms with van der Waals surface area (Å²) in [4.78, 5) is 24.2. The first-order chi connectivity index (χ1) is 19.1. The molecule has 2 atom stereocenters. The van der Waals surface area contributed by atoms with E-state index in [4.69, 9.17) is 19.7 Å². The third-order valence-corrected chi connectivity index (χ3v) is 7.56. The number of aryl methyl sites for hydroxylation is 1. The molecule has 212 valence electrons. The van der Waals surface area contributed by atoms with Crippen molar-refractivity contribution in [2.24, 2.45) is 11.8 Å². The maximum atomic E-state index is 12.2. The lowest BCUT2D eigenvalue weighted by Gasteiger charge is -2.18. The van der Waals surface area contributed by atoms with Crippen LogP contribution in [0.1, 0.15) is 86.6 Å². The lowest BCUT2D eigenvalue weighted by Crippen LogP contribution is -2.25. The Morgan fingerprint density at radius 3 is 2.36 bits per heavy atom. The number of unbranched alkanes of at least 4 members (excludes halogenated alkanes) is 3. The number of carbonyl (C=O) groups is 2. The van der Waals surface area contributed by atoms with Crippen LogP contribution in [0.4, 0.5) is 0 Å². The second kappa shape index (κ2) is 17.6. The van der Waals surface area contributed by atoms with E-state index in [1.807, 2.05) is 0 Å². The van der Waals surface area contributed by atoms with E-state index in [2.05, 4.69) is 42.5 Å². The van der Waals surface area contributed by atoms with Gasteiger partial charge in [-0.05, 0) is 80.2 Å². The number of aliphatic hydroxyl groups is 2. The Hall–Kier alpha value is -2.96. The molecule has 39 heavy (non-hydrogen) atoms. The van der Waals surface area contributed by atoms with Gasteiger partial charge in [0.15, 0.2) is 0 Å². The largest absolute Gasteiger partial charge is 0.454 e. The zero-order valence-electron chi connectivity index (χ0n) is 23.0. The van der Waals surface area contributed by atoms with Crippen LogP contribution in [0.15, 0.2) is 66.7 Å². The average Bonchev–Trinajstić information content (AvgIpc) is 3.41. The second-order valence-corrected chi connectivity index (χ2v) is 10.5. The summed E-state index contributed by atoms with van der Waals surface area (Å²) in [7, 11) is 0. The normalized spacial score (nSPS) is 17.1. The van der Waals surface area contributed by atoms with Gasteiger partial charge in [0.1, 0.15) is 11.9 Å². The summed E-state index contributed by atoms with van der Waals surface area (Å²) in [6, 6.07) is 16.8. The standard InChI is InChI=1S/C33H44O6/c34-24-31(25-35)39-33(37)29-20-22-30(23-21-29)38-32(36)19-10-2-1-8-15-27-17-11-18-28(27)16-9-4-7-14-26-12-5-3-6-13-26/h1,3,5-6,8,12-13,20-23,27-28,31,34-35H,2,4,7,9-11,14-19,24-25H2/b8-1-/t27-,28?/m0/s1. The van der Waals surface area contributed by atoms with E-state index < -0.39 is 25.3 Å². The second-order valence-electron chi connectivity index (χ2n) is 10.5. The first-order valence-electron chi connectivity index (χ1n) is 14.5. The molecule has 0 spiro atoms. The molecular weight excluding hydrogens is 492 g/mol. The number of aliphatic hydroxyl groups excluding tert-OH is 2. The van der Waals surface area contributed by atoms with Crippen LogP contribution < -0.4 is 4.74 Å². The van der Waals surface area contributed by atoms with Crippen LogP contribution in [0.25, 0.3) is 0 Å². The van der Waals surface area contributed by atoms with Gasteiger partial charge in [0.2, 0.25) is 0 Å². The number of esters is 2. The monoisotopic (exact) mass is 536 g/mol. The molecule has 6 heteroatoms. The summed E-state index contributed by atoms with van der Waals surface area (Å²) in [5.41, 5.74) is 1.69. The maximum Gasteiger partial charge on any atom is 0.338 e. The van der Waals surface area contributed by atoms with Crippen molar-refractivity contribution >= 4 is 11.9 Å². The predicted molar refractivity (Wildman–Crippen MR) is 153 cm³/mol. The van der Waals surface area contributed by atoms with Crippen molar-refractivity contribution in [3.8, 4) is 5.75 Å². The molecule has 0 saturated heterocycles. The summed E-state index contributed by atoms with van der Waals surface area (Å²) in [5.74, 6) is 1.07. The lowest BCUT2D eigenvalue weighted by atomic mass is 9.88. The highest BCUT2D eigenvalue weighted by Crippen LogP contribution is 2.37. The quantitative estimate of drug-likeness (QED) is 0.105. The number of benzene rings is 2. The van der Waals surface area contributed by atoms with Crippen LogP contribution in [-0.2, 0) is 16.0 Å². The summed E-state index contributed by atoms with van der Waals surface area (Å²) in [5, 5.41) is 18.0. The topological polar surface area (TPSA) is 93.1 Å². The van der Waals surface area contributed by atoms with Gasteiger partial charge in [-0.15, -0.1) is 0 Å². The summed E-state index contributed by atoms with van der Waals surface area (Å²) >= 11 is 0. The molecule has 3 rings (SSSR count). The van der Waals surface area contributed by atoms with E-state index in [1.54, 1.807) is 0 Å². The van der Waals surface area contributed by atoms with E-state index in [-0.39, 0.29) is 11.5 Å². The van der Waals surface area contributed by atoms with Crippen molar-refractivity contribution in [3.05, 3.63) is 77.9 Å². The van der Waals surface area contributed by atoms with Gasteiger partial charge in [-0.2, -0.15) is 0 Å². The van der Waals surface area contributed by atoms with Gasteiger partial charge in [-0.1, -0.05) is 74.6 Å². The Kier molecular flexibility index (Phi) is 13.8. The molecule has 2 aromatic rings. The molecule has 1 aliphatic rings. The molecule has 1 saturated carbocycles. The minimum absolute atomic E-state index is 0.249. The van der Waals surface area contributed by atoms with Crippen LogP contribution >= 0.6 is 0 Å². The van der Waals surface area contributed by atoms with Crippen LogP contribution in [0.3, 0.4) is 0 Å². The van der Waals surface area contributed by atoms with Crippen LogP contribution in [0, 0.1) is 11.8 Å². The van der Waals surface area contributed by atoms with Crippen molar-refractivity contribution in [2.45, 2.75) is 83.2 Å². The maximum absolute atomic E-state index is 12.2.